The molecule has 0 atom stereocenters. The van der Waals surface area contributed by atoms with Crippen LogP contribution in [0.25, 0.3) is 0 Å². The van der Waals surface area contributed by atoms with Crippen LogP contribution in [0, 0.1) is 12.7 Å². The van der Waals surface area contributed by atoms with Crippen molar-refractivity contribution >= 4 is 27.3 Å². The van der Waals surface area contributed by atoms with Gasteiger partial charge in [-0.15, -0.1) is 0 Å². The number of para-hydroxylation sites is 1. The van der Waals surface area contributed by atoms with E-state index in [0.29, 0.717) is 11.0 Å². The lowest BCUT2D eigenvalue weighted by atomic mass is 10.1. The SMILES string of the molecule is Cc1cc(Br)c(F)cc1NCc1ccccc1N. The topological polar surface area (TPSA) is 38.0 Å². The standard InChI is InChI=1S/C14H14BrFN2/c1-9-6-11(15)12(16)7-14(9)18-8-10-4-2-3-5-13(10)17/h2-7,18H,8,17H2,1H3. The van der Waals surface area contributed by atoms with Gasteiger partial charge in [-0.3, -0.25) is 0 Å². The van der Waals surface area contributed by atoms with Gasteiger partial charge in [0.25, 0.3) is 0 Å². The Hall–Kier alpha value is -1.55. The Morgan fingerprint density at radius 2 is 2.00 bits per heavy atom. The third-order valence-electron chi connectivity index (χ3n) is 2.79. The lowest BCUT2D eigenvalue weighted by Gasteiger charge is -2.12. The van der Waals surface area contributed by atoms with Crippen molar-refractivity contribution in [2.24, 2.45) is 0 Å². The van der Waals surface area contributed by atoms with E-state index in [0.717, 1.165) is 22.5 Å². The fourth-order valence-corrected chi connectivity index (χ4v) is 2.18. The molecule has 0 aromatic heterocycles. The summed E-state index contributed by atoms with van der Waals surface area (Å²) in [5, 5.41) is 3.20. The zero-order valence-electron chi connectivity index (χ0n) is 10.0. The largest absolute Gasteiger partial charge is 0.398 e. The van der Waals surface area contributed by atoms with Crippen molar-refractivity contribution in [1.29, 1.82) is 0 Å². The van der Waals surface area contributed by atoms with Crippen molar-refractivity contribution in [3.8, 4) is 0 Å². The van der Waals surface area contributed by atoms with Crippen LogP contribution in [0.3, 0.4) is 0 Å². The normalized spacial score (nSPS) is 10.4. The number of benzene rings is 2. The predicted octanol–water partition coefficient (Wildman–Crippen LogP) is 4.09. The van der Waals surface area contributed by atoms with Gasteiger partial charge in [-0.25, -0.2) is 4.39 Å². The maximum absolute atomic E-state index is 13.5. The Balaban J connectivity index is 2.16. The highest BCUT2D eigenvalue weighted by Gasteiger charge is 2.05. The summed E-state index contributed by atoms with van der Waals surface area (Å²) in [5.74, 6) is -0.274. The summed E-state index contributed by atoms with van der Waals surface area (Å²) < 4.78 is 13.9. The van der Waals surface area contributed by atoms with Gasteiger partial charge in [-0.2, -0.15) is 0 Å². The van der Waals surface area contributed by atoms with Gasteiger partial charge in [0, 0.05) is 17.9 Å². The van der Waals surface area contributed by atoms with Crippen molar-refractivity contribution < 1.29 is 4.39 Å². The van der Waals surface area contributed by atoms with E-state index in [-0.39, 0.29) is 5.82 Å². The molecule has 2 nitrogen and oxygen atoms in total. The number of hydrogen-bond acceptors (Lipinski definition) is 2. The highest BCUT2D eigenvalue weighted by atomic mass is 79.9. The minimum Gasteiger partial charge on any atom is -0.398 e. The van der Waals surface area contributed by atoms with Crippen LogP contribution in [0.5, 0.6) is 0 Å². The summed E-state index contributed by atoms with van der Waals surface area (Å²) in [6.07, 6.45) is 0. The van der Waals surface area contributed by atoms with Gasteiger partial charge in [0.2, 0.25) is 0 Å². The van der Waals surface area contributed by atoms with Crippen LogP contribution in [-0.2, 0) is 6.54 Å². The van der Waals surface area contributed by atoms with Crippen molar-refractivity contribution in [2.45, 2.75) is 13.5 Å². The van der Waals surface area contributed by atoms with E-state index in [9.17, 15) is 4.39 Å². The van der Waals surface area contributed by atoms with Crippen LogP contribution >= 0.6 is 15.9 Å². The molecule has 0 spiro atoms. The van der Waals surface area contributed by atoms with Gasteiger partial charge < -0.3 is 11.1 Å². The molecule has 2 aromatic rings. The summed E-state index contributed by atoms with van der Waals surface area (Å²) in [6.45, 7) is 2.51. The van der Waals surface area contributed by atoms with E-state index in [1.807, 2.05) is 31.2 Å². The molecule has 0 unspecified atom stereocenters. The summed E-state index contributed by atoms with van der Waals surface area (Å²) in [6, 6.07) is 10.9. The maximum atomic E-state index is 13.5. The average molecular weight is 309 g/mol. The van der Waals surface area contributed by atoms with Crippen molar-refractivity contribution in [2.75, 3.05) is 11.1 Å². The van der Waals surface area contributed by atoms with Gasteiger partial charge in [0.1, 0.15) is 5.82 Å². The van der Waals surface area contributed by atoms with Gasteiger partial charge in [0.05, 0.1) is 4.47 Å². The van der Waals surface area contributed by atoms with Gasteiger partial charge in [0.15, 0.2) is 0 Å². The molecule has 0 saturated heterocycles. The van der Waals surface area contributed by atoms with Crippen LogP contribution in [-0.4, -0.2) is 0 Å². The molecule has 0 radical (unpaired) electrons. The molecule has 0 amide bonds. The highest BCUT2D eigenvalue weighted by molar-refractivity contribution is 9.10. The molecule has 2 aromatic carbocycles. The lowest BCUT2D eigenvalue weighted by molar-refractivity contribution is 0.621. The first-order valence-corrected chi connectivity index (χ1v) is 6.40. The molecule has 0 saturated carbocycles. The van der Waals surface area contributed by atoms with Crippen LogP contribution in [0.2, 0.25) is 0 Å². The minimum atomic E-state index is -0.274. The second-order valence-corrected chi connectivity index (χ2v) is 4.99. The number of aryl methyl sites for hydroxylation is 1. The van der Waals surface area contributed by atoms with E-state index in [1.54, 1.807) is 6.07 Å². The summed E-state index contributed by atoms with van der Waals surface area (Å²) in [7, 11) is 0. The molecule has 0 aliphatic carbocycles. The molecular weight excluding hydrogens is 295 g/mol. The molecule has 0 heterocycles. The number of hydrogen-bond donors (Lipinski definition) is 2. The van der Waals surface area contributed by atoms with Crippen molar-refractivity contribution in [3.05, 3.63) is 57.8 Å². The van der Waals surface area contributed by atoms with E-state index in [4.69, 9.17) is 5.73 Å². The zero-order valence-corrected chi connectivity index (χ0v) is 11.6. The number of nitrogens with one attached hydrogen (secondary N) is 1. The third kappa shape index (κ3) is 2.82. The number of halogens is 2. The van der Waals surface area contributed by atoms with Crippen molar-refractivity contribution in [3.63, 3.8) is 0 Å². The number of rotatable bonds is 3. The number of nitrogens with two attached hydrogens (primary N) is 1. The molecule has 18 heavy (non-hydrogen) atoms. The Kier molecular flexibility index (Phi) is 3.87. The molecule has 0 bridgehead atoms. The molecule has 0 aliphatic rings. The minimum absolute atomic E-state index is 0.274. The highest BCUT2D eigenvalue weighted by Crippen LogP contribution is 2.24. The van der Waals surface area contributed by atoms with Crippen LogP contribution in [0.4, 0.5) is 15.8 Å². The molecule has 0 aliphatic heterocycles. The van der Waals surface area contributed by atoms with E-state index in [1.165, 1.54) is 6.07 Å². The van der Waals surface area contributed by atoms with Gasteiger partial charge in [-0.1, -0.05) is 18.2 Å². The second kappa shape index (κ2) is 5.40. The molecular formula is C14H14BrFN2. The van der Waals surface area contributed by atoms with E-state index in [2.05, 4.69) is 21.2 Å². The maximum Gasteiger partial charge on any atom is 0.139 e. The fourth-order valence-electron chi connectivity index (χ4n) is 1.72. The summed E-state index contributed by atoms with van der Waals surface area (Å²) in [5.41, 5.74) is 9.35. The Labute approximate surface area is 114 Å². The van der Waals surface area contributed by atoms with E-state index < -0.39 is 0 Å². The first kappa shape index (κ1) is 12.9. The predicted molar refractivity (Wildman–Crippen MR) is 77.0 cm³/mol. The molecule has 3 N–H and O–H groups in total. The average Bonchev–Trinajstić information content (AvgIpc) is 2.34. The Morgan fingerprint density at radius 3 is 2.72 bits per heavy atom. The smallest absolute Gasteiger partial charge is 0.139 e. The molecule has 94 valence electrons. The first-order valence-electron chi connectivity index (χ1n) is 5.61. The second-order valence-electron chi connectivity index (χ2n) is 4.13. The molecule has 0 fully saturated rings. The Morgan fingerprint density at radius 1 is 1.28 bits per heavy atom. The van der Waals surface area contributed by atoms with Gasteiger partial charge in [-0.05, 0) is 52.2 Å². The molecule has 2 rings (SSSR count). The van der Waals surface area contributed by atoms with Crippen molar-refractivity contribution in [1.82, 2.24) is 0 Å². The number of anilines is 2. The van der Waals surface area contributed by atoms with Gasteiger partial charge >= 0.3 is 0 Å². The first-order chi connectivity index (χ1) is 8.58. The quantitative estimate of drug-likeness (QED) is 0.838. The monoisotopic (exact) mass is 308 g/mol. The summed E-state index contributed by atoms with van der Waals surface area (Å²) >= 11 is 3.17. The van der Waals surface area contributed by atoms with Crippen LogP contribution in [0.15, 0.2) is 40.9 Å². The number of nitrogen functional groups attached to an aromatic ring is 1. The molecule has 4 heteroatoms. The van der Waals surface area contributed by atoms with Crippen LogP contribution < -0.4 is 11.1 Å². The van der Waals surface area contributed by atoms with Crippen LogP contribution in [0.1, 0.15) is 11.1 Å². The summed E-state index contributed by atoms with van der Waals surface area (Å²) in [4.78, 5) is 0. The zero-order chi connectivity index (χ0) is 13.1. The third-order valence-corrected chi connectivity index (χ3v) is 3.40. The lowest BCUT2D eigenvalue weighted by Crippen LogP contribution is -2.04. The Bertz CT molecular complexity index is 570. The van der Waals surface area contributed by atoms with E-state index >= 15 is 0 Å². The fraction of sp³-hybridized carbons (Fsp3) is 0.143.